The molecule has 1 N–H and O–H groups in total. The maximum atomic E-state index is 13.6. The molecule has 2 heterocycles. The lowest BCUT2D eigenvalue weighted by molar-refractivity contribution is -0.143. The van der Waals surface area contributed by atoms with Crippen LogP contribution in [0.25, 0.3) is 5.69 Å². The molecule has 0 bridgehead atoms. The van der Waals surface area contributed by atoms with Crippen LogP contribution in [0.1, 0.15) is 28.0 Å². The summed E-state index contributed by atoms with van der Waals surface area (Å²) in [6, 6.07) is 6.48. The molecule has 28 heavy (non-hydrogen) atoms. The number of aryl methyl sites for hydroxylation is 1. The molecule has 0 spiro atoms. The Morgan fingerprint density at radius 1 is 1.21 bits per heavy atom. The van der Waals surface area contributed by atoms with Crippen molar-refractivity contribution in [2.45, 2.75) is 19.5 Å². The molecule has 0 atom stereocenters. The zero-order valence-corrected chi connectivity index (χ0v) is 15.6. The second-order valence-electron chi connectivity index (χ2n) is 6.72. The minimum Gasteiger partial charge on any atom is -0.379 e. The van der Waals surface area contributed by atoms with E-state index in [4.69, 9.17) is 4.74 Å². The number of benzene rings is 1. The van der Waals surface area contributed by atoms with Crippen LogP contribution in [0.2, 0.25) is 0 Å². The summed E-state index contributed by atoms with van der Waals surface area (Å²) in [5, 5.41) is 6.39. The molecule has 1 amide bonds. The second kappa shape index (κ2) is 8.74. The van der Waals surface area contributed by atoms with E-state index in [2.05, 4.69) is 15.3 Å². The molecular formula is C19H23F3N4O2. The van der Waals surface area contributed by atoms with Gasteiger partial charge in [-0.2, -0.15) is 18.3 Å². The average molecular weight is 396 g/mol. The molecule has 1 fully saturated rings. The van der Waals surface area contributed by atoms with E-state index >= 15 is 0 Å². The lowest BCUT2D eigenvalue weighted by atomic mass is 10.2. The summed E-state index contributed by atoms with van der Waals surface area (Å²) in [5.41, 5.74) is -0.367. The molecule has 9 heteroatoms. The fraction of sp³-hybridized carbons (Fsp3) is 0.474. The van der Waals surface area contributed by atoms with Gasteiger partial charge in [-0.1, -0.05) is 17.7 Å². The van der Waals surface area contributed by atoms with Crippen LogP contribution in [0.4, 0.5) is 13.2 Å². The number of carbonyl (C=O) groups is 1. The van der Waals surface area contributed by atoms with Gasteiger partial charge in [0, 0.05) is 19.6 Å². The molecule has 0 radical (unpaired) electrons. The first-order chi connectivity index (χ1) is 13.4. The van der Waals surface area contributed by atoms with Crippen LogP contribution in [0, 0.1) is 6.92 Å². The predicted octanol–water partition coefficient (Wildman–Crippen LogP) is 2.65. The van der Waals surface area contributed by atoms with E-state index in [0.717, 1.165) is 36.1 Å². The number of hydrogen-bond donors (Lipinski definition) is 1. The Balaban J connectivity index is 1.68. The van der Waals surface area contributed by atoms with Crippen LogP contribution in [0.5, 0.6) is 0 Å². The van der Waals surface area contributed by atoms with E-state index in [0.29, 0.717) is 26.2 Å². The van der Waals surface area contributed by atoms with Crippen molar-refractivity contribution in [3.8, 4) is 5.69 Å². The van der Waals surface area contributed by atoms with Gasteiger partial charge in [-0.15, -0.1) is 0 Å². The van der Waals surface area contributed by atoms with Crippen LogP contribution >= 0.6 is 0 Å². The minimum atomic E-state index is -4.71. The molecular weight excluding hydrogens is 373 g/mol. The van der Waals surface area contributed by atoms with E-state index in [1.807, 2.05) is 6.92 Å². The minimum absolute atomic E-state index is 0.254. The van der Waals surface area contributed by atoms with Crippen molar-refractivity contribution in [3.05, 3.63) is 47.3 Å². The van der Waals surface area contributed by atoms with Gasteiger partial charge in [0.2, 0.25) is 0 Å². The molecule has 1 aromatic heterocycles. The van der Waals surface area contributed by atoms with Gasteiger partial charge in [0.25, 0.3) is 5.91 Å². The van der Waals surface area contributed by atoms with E-state index in [9.17, 15) is 18.0 Å². The van der Waals surface area contributed by atoms with Crippen molar-refractivity contribution < 1.29 is 22.7 Å². The number of morpholine rings is 1. The smallest absolute Gasteiger partial charge is 0.379 e. The topological polar surface area (TPSA) is 59.4 Å². The SMILES string of the molecule is Cc1ccc(-n2ncc(C(=O)NCCCN3CCOCC3)c2C(F)(F)F)cc1. The Kier molecular flexibility index (Phi) is 6.35. The molecule has 2 aromatic rings. The Morgan fingerprint density at radius 3 is 2.54 bits per heavy atom. The summed E-state index contributed by atoms with van der Waals surface area (Å²) in [5.74, 6) is -0.771. The molecule has 3 rings (SSSR count). The lowest BCUT2D eigenvalue weighted by Crippen LogP contribution is -2.38. The second-order valence-corrected chi connectivity index (χ2v) is 6.72. The molecule has 1 saturated heterocycles. The van der Waals surface area contributed by atoms with Crippen LogP contribution in [-0.4, -0.2) is 60.0 Å². The summed E-state index contributed by atoms with van der Waals surface area (Å²) in [6.45, 7) is 5.92. The van der Waals surface area contributed by atoms with Crippen LogP contribution in [-0.2, 0) is 10.9 Å². The maximum absolute atomic E-state index is 13.6. The normalized spacial score (nSPS) is 15.6. The van der Waals surface area contributed by atoms with E-state index in [1.165, 1.54) is 0 Å². The molecule has 0 unspecified atom stereocenters. The van der Waals surface area contributed by atoms with Crippen molar-refractivity contribution in [2.75, 3.05) is 39.4 Å². The standard InChI is InChI=1S/C19H23F3N4O2/c1-14-3-5-15(6-4-14)26-17(19(20,21)22)16(13-24-26)18(27)23-7-2-8-25-9-11-28-12-10-25/h3-6,13H,2,7-12H2,1H3,(H,23,27). The first kappa shape index (κ1) is 20.3. The van der Waals surface area contributed by atoms with E-state index < -0.39 is 23.3 Å². The van der Waals surface area contributed by atoms with Gasteiger partial charge in [-0.05, 0) is 32.0 Å². The average Bonchev–Trinajstić information content (AvgIpc) is 3.12. The number of rotatable bonds is 6. The zero-order valence-electron chi connectivity index (χ0n) is 15.6. The Bertz CT molecular complexity index is 797. The highest BCUT2D eigenvalue weighted by atomic mass is 19.4. The molecule has 0 saturated carbocycles. The monoisotopic (exact) mass is 396 g/mol. The lowest BCUT2D eigenvalue weighted by Gasteiger charge is -2.26. The number of nitrogens with one attached hydrogen (secondary N) is 1. The van der Waals surface area contributed by atoms with Crippen molar-refractivity contribution >= 4 is 5.91 Å². The van der Waals surface area contributed by atoms with Gasteiger partial charge < -0.3 is 10.1 Å². The summed E-state index contributed by atoms with van der Waals surface area (Å²) < 4.78 is 46.9. The summed E-state index contributed by atoms with van der Waals surface area (Å²) in [4.78, 5) is 14.6. The van der Waals surface area contributed by atoms with Crippen LogP contribution in [0.3, 0.4) is 0 Å². The molecule has 0 aliphatic carbocycles. The Hall–Kier alpha value is -2.39. The quantitative estimate of drug-likeness (QED) is 0.763. The highest BCUT2D eigenvalue weighted by molar-refractivity contribution is 5.95. The highest BCUT2D eigenvalue weighted by Crippen LogP contribution is 2.33. The van der Waals surface area contributed by atoms with Gasteiger partial charge in [0.05, 0.1) is 30.7 Å². The van der Waals surface area contributed by atoms with E-state index in [-0.39, 0.29) is 5.69 Å². The first-order valence-electron chi connectivity index (χ1n) is 9.17. The number of ether oxygens (including phenoxy) is 1. The number of carbonyl (C=O) groups excluding carboxylic acids is 1. The van der Waals surface area contributed by atoms with Crippen molar-refractivity contribution in [1.82, 2.24) is 20.0 Å². The third-order valence-corrected chi connectivity index (χ3v) is 4.60. The van der Waals surface area contributed by atoms with Crippen molar-refractivity contribution in [1.29, 1.82) is 0 Å². The fourth-order valence-corrected chi connectivity index (χ4v) is 3.09. The fourth-order valence-electron chi connectivity index (χ4n) is 3.09. The van der Waals surface area contributed by atoms with Crippen molar-refractivity contribution in [2.24, 2.45) is 0 Å². The number of amides is 1. The molecule has 1 aromatic carbocycles. The van der Waals surface area contributed by atoms with E-state index in [1.54, 1.807) is 24.3 Å². The third-order valence-electron chi connectivity index (χ3n) is 4.60. The summed E-state index contributed by atoms with van der Waals surface area (Å²) in [7, 11) is 0. The maximum Gasteiger partial charge on any atom is 0.434 e. The molecule has 1 aliphatic heterocycles. The first-order valence-corrected chi connectivity index (χ1v) is 9.17. The Morgan fingerprint density at radius 2 is 1.89 bits per heavy atom. The van der Waals surface area contributed by atoms with Gasteiger partial charge in [-0.3, -0.25) is 9.69 Å². The number of halogens is 3. The Labute approximate surface area is 161 Å². The zero-order chi connectivity index (χ0) is 20.1. The van der Waals surface area contributed by atoms with Crippen LogP contribution in [0.15, 0.2) is 30.5 Å². The van der Waals surface area contributed by atoms with Gasteiger partial charge in [-0.25, -0.2) is 4.68 Å². The third kappa shape index (κ3) is 4.90. The van der Waals surface area contributed by atoms with Gasteiger partial charge in [0.1, 0.15) is 0 Å². The molecule has 152 valence electrons. The predicted molar refractivity (Wildman–Crippen MR) is 97.5 cm³/mol. The molecule has 1 aliphatic rings. The van der Waals surface area contributed by atoms with Crippen LogP contribution < -0.4 is 5.32 Å². The van der Waals surface area contributed by atoms with Gasteiger partial charge in [0.15, 0.2) is 5.69 Å². The number of alkyl halides is 3. The summed E-state index contributed by atoms with van der Waals surface area (Å²) in [6.07, 6.45) is -3.08. The largest absolute Gasteiger partial charge is 0.434 e. The number of aromatic nitrogens is 2. The van der Waals surface area contributed by atoms with Gasteiger partial charge >= 0.3 is 6.18 Å². The molecule has 6 nitrogen and oxygen atoms in total. The number of hydrogen-bond acceptors (Lipinski definition) is 4. The van der Waals surface area contributed by atoms with Crippen molar-refractivity contribution in [3.63, 3.8) is 0 Å². The number of nitrogens with zero attached hydrogens (tertiary/aromatic N) is 3. The summed E-state index contributed by atoms with van der Waals surface area (Å²) >= 11 is 0. The highest BCUT2D eigenvalue weighted by Gasteiger charge is 2.40.